The van der Waals surface area contributed by atoms with Crippen molar-refractivity contribution in [2.24, 2.45) is 0 Å². The normalized spacial score (nSPS) is 20.9. The van der Waals surface area contributed by atoms with Crippen LogP contribution in [0.2, 0.25) is 0 Å². The lowest BCUT2D eigenvalue weighted by Crippen LogP contribution is -2.45. The summed E-state index contributed by atoms with van der Waals surface area (Å²) < 4.78 is 27.6. The molecule has 3 heterocycles. The molecule has 1 saturated heterocycles. The van der Waals surface area contributed by atoms with Crippen LogP contribution in [0.3, 0.4) is 0 Å². The monoisotopic (exact) mass is 454 g/mol. The number of aromatic nitrogens is 1. The van der Waals surface area contributed by atoms with Crippen molar-refractivity contribution < 1.29 is 13.2 Å². The summed E-state index contributed by atoms with van der Waals surface area (Å²) in [6, 6.07) is 14.8. The first kappa shape index (κ1) is 20.0. The number of para-hydroxylation sites is 1. The van der Waals surface area contributed by atoms with Crippen LogP contribution >= 0.6 is 11.3 Å². The van der Waals surface area contributed by atoms with Gasteiger partial charge in [0.1, 0.15) is 6.04 Å². The van der Waals surface area contributed by atoms with Crippen molar-refractivity contribution >= 4 is 43.8 Å². The number of nitrogens with zero attached hydrogens (tertiary/aromatic N) is 3. The highest BCUT2D eigenvalue weighted by Crippen LogP contribution is 2.37. The molecule has 2 atom stereocenters. The lowest BCUT2D eigenvalue weighted by molar-refractivity contribution is -0.118. The fourth-order valence-electron chi connectivity index (χ4n) is 4.50. The molecular weight excluding hydrogens is 432 g/mol. The average molecular weight is 455 g/mol. The Morgan fingerprint density at radius 1 is 1.13 bits per heavy atom. The van der Waals surface area contributed by atoms with Crippen molar-refractivity contribution in [2.45, 2.75) is 36.7 Å². The third-order valence-corrected chi connectivity index (χ3v) is 8.06. The van der Waals surface area contributed by atoms with E-state index in [4.69, 9.17) is 0 Å². The number of nitrogens with one attached hydrogen (secondary N) is 1. The molecule has 5 rings (SSSR count). The Morgan fingerprint density at radius 2 is 1.90 bits per heavy atom. The molecule has 7 nitrogen and oxygen atoms in total. The van der Waals surface area contributed by atoms with E-state index in [0.29, 0.717) is 17.4 Å². The van der Waals surface area contributed by atoms with E-state index in [9.17, 15) is 13.2 Å². The third-order valence-electron chi connectivity index (χ3n) is 5.89. The lowest BCUT2D eigenvalue weighted by atomic mass is 10.1. The molecule has 0 saturated carbocycles. The number of fused-ring (bicyclic) bond motifs is 1. The Kier molecular flexibility index (Phi) is 4.94. The molecule has 1 amide bonds. The zero-order valence-electron chi connectivity index (χ0n) is 16.9. The average Bonchev–Trinajstić information content (AvgIpc) is 3.46. The van der Waals surface area contributed by atoms with E-state index < -0.39 is 10.0 Å². The first-order valence-corrected chi connectivity index (χ1v) is 12.5. The van der Waals surface area contributed by atoms with E-state index >= 15 is 0 Å². The van der Waals surface area contributed by atoms with E-state index in [-0.39, 0.29) is 22.9 Å². The number of anilines is 3. The maximum Gasteiger partial charge on any atom is 0.263 e. The van der Waals surface area contributed by atoms with Gasteiger partial charge in [0, 0.05) is 35.5 Å². The van der Waals surface area contributed by atoms with Crippen LogP contribution in [-0.4, -0.2) is 37.9 Å². The minimum Gasteiger partial charge on any atom is -0.356 e. The number of hydrogen-bond donors (Lipinski definition) is 1. The van der Waals surface area contributed by atoms with Crippen molar-refractivity contribution in [1.82, 2.24) is 4.98 Å². The van der Waals surface area contributed by atoms with Gasteiger partial charge in [0.15, 0.2) is 5.13 Å². The van der Waals surface area contributed by atoms with Gasteiger partial charge in [-0.1, -0.05) is 18.2 Å². The van der Waals surface area contributed by atoms with Crippen LogP contribution in [0.5, 0.6) is 0 Å². The van der Waals surface area contributed by atoms with Gasteiger partial charge in [-0.3, -0.25) is 9.52 Å². The molecule has 9 heteroatoms. The predicted octanol–water partition coefficient (Wildman–Crippen LogP) is 3.50. The van der Waals surface area contributed by atoms with Crippen molar-refractivity contribution in [1.29, 1.82) is 0 Å². The summed E-state index contributed by atoms with van der Waals surface area (Å²) in [5, 5.41) is 2.03. The van der Waals surface area contributed by atoms with Gasteiger partial charge in [-0.2, -0.15) is 0 Å². The second-order valence-electron chi connectivity index (χ2n) is 7.82. The fraction of sp³-hybridized carbons (Fsp3) is 0.273. The first-order valence-electron chi connectivity index (χ1n) is 10.1. The van der Waals surface area contributed by atoms with Crippen LogP contribution in [0, 0.1) is 0 Å². The van der Waals surface area contributed by atoms with Crippen molar-refractivity contribution in [3.05, 3.63) is 65.7 Å². The molecule has 3 aromatic rings. The maximum atomic E-state index is 13.3. The number of benzene rings is 2. The Morgan fingerprint density at radius 3 is 2.65 bits per heavy atom. The Bertz CT molecular complexity index is 1210. The maximum absolute atomic E-state index is 13.3. The second-order valence-corrected chi connectivity index (χ2v) is 10.4. The van der Waals surface area contributed by atoms with Crippen LogP contribution in [0.15, 0.2) is 65.0 Å². The summed E-state index contributed by atoms with van der Waals surface area (Å²) in [5.74, 6) is 0.0556. The van der Waals surface area contributed by atoms with E-state index in [1.165, 1.54) is 29.0 Å². The van der Waals surface area contributed by atoms with Gasteiger partial charge in [-0.15, -0.1) is 11.3 Å². The lowest BCUT2D eigenvalue weighted by Gasteiger charge is -2.30. The van der Waals surface area contributed by atoms with Crippen molar-refractivity contribution in [2.75, 3.05) is 21.1 Å². The van der Waals surface area contributed by atoms with Crippen LogP contribution < -0.4 is 14.5 Å². The molecule has 1 fully saturated rings. The molecule has 2 aromatic carbocycles. The zero-order valence-corrected chi connectivity index (χ0v) is 18.6. The van der Waals surface area contributed by atoms with Gasteiger partial charge in [-0.25, -0.2) is 13.4 Å². The predicted molar refractivity (Wildman–Crippen MR) is 122 cm³/mol. The van der Waals surface area contributed by atoms with E-state index in [1.807, 2.05) is 12.1 Å². The zero-order chi connectivity index (χ0) is 21.6. The highest BCUT2D eigenvalue weighted by Gasteiger charge is 2.41. The fourth-order valence-corrected chi connectivity index (χ4v) is 6.29. The van der Waals surface area contributed by atoms with Crippen LogP contribution in [0.1, 0.15) is 18.9 Å². The van der Waals surface area contributed by atoms with E-state index in [0.717, 1.165) is 18.5 Å². The summed E-state index contributed by atoms with van der Waals surface area (Å²) in [6.07, 6.45) is 3.22. The molecule has 1 N–H and O–H groups in total. The highest BCUT2D eigenvalue weighted by molar-refractivity contribution is 7.93. The van der Waals surface area contributed by atoms with Crippen molar-refractivity contribution in [3.63, 3.8) is 0 Å². The number of thiazole rings is 1. The van der Waals surface area contributed by atoms with Gasteiger partial charge in [-0.05, 0) is 55.7 Å². The third kappa shape index (κ3) is 3.57. The molecule has 2 aliphatic rings. The summed E-state index contributed by atoms with van der Waals surface area (Å²) in [5.41, 5.74) is 3.13. The minimum absolute atomic E-state index is 0.0556. The van der Waals surface area contributed by atoms with Gasteiger partial charge in [0.25, 0.3) is 10.0 Å². The first-order chi connectivity index (χ1) is 14.9. The van der Waals surface area contributed by atoms with Gasteiger partial charge in [0.05, 0.1) is 4.90 Å². The van der Waals surface area contributed by atoms with E-state index in [2.05, 4.69) is 33.7 Å². The smallest absolute Gasteiger partial charge is 0.263 e. The number of amides is 1. The molecule has 0 spiro atoms. The van der Waals surface area contributed by atoms with Crippen LogP contribution in [0.25, 0.3) is 0 Å². The van der Waals surface area contributed by atoms with Crippen molar-refractivity contribution in [3.8, 4) is 0 Å². The summed E-state index contributed by atoms with van der Waals surface area (Å²) >= 11 is 1.22. The second kappa shape index (κ2) is 7.65. The quantitative estimate of drug-likeness (QED) is 0.638. The largest absolute Gasteiger partial charge is 0.356 e. The summed E-state index contributed by atoms with van der Waals surface area (Å²) in [7, 11) is -3.72. The van der Waals surface area contributed by atoms with Crippen LogP contribution in [-0.2, 0) is 21.2 Å². The molecule has 0 radical (unpaired) electrons. The number of hydrogen-bond acceptors (Lipinski definition) is 6. The molecule has 160 valence electrons. The number of carbonyl (C=O) groups excluding carboxylic acids is 1. The van der Waals surface area contributed by atoms with E-state index in [1.54, 1.807) is 28.6 Å². The number of rotatable bonds is 5. The Balaban J connectivity index is 1.34. The summed E-state index contributed by atoms with van der Waals surface area (Å²) in [6.45, 7) is 2.77. The standard InChI is InChI=1S/C22H22N4O3S2/c1-15-14-16-4-2-3-5-19(16)26(15)20-10-12-25(21(20)27)17-6-8-18(9-7-17)31(28,29)24-22-23-11-13-30-22/h2-9,11,13,15,20H,10,12,14H2,1H3,(H,23,24)/t15?,20-/m0/s1. The highest BCUT2D eigenvalue weighted by atomic mass is 32.2. The Hall–Kier alpha value is -2.91. The molecule has 0 bridgehead atoms. The number of carbonyl (C=O) groups is 1. The van der Waals surface area contributed by atoms with Gasteiger partial charge >= 0.3 is 0 Å². The molecule has 1 unspecified atom stereocenters. The Labute approximate surface area is 185 Å². The van der Waals surface area contributed by atoms with Crippen LogP contribution in [0.4, 0.5) is 16.5 Å². The molecule has 0 aliphatic carbocycles. The molecule has 1 aromatic heterocycles. The molecule has 31 heavy (non-hydrogen) atoms. The minimum atomic E-state index is -3.72. The topological polar surface area (TPSA) is 82.6 Å². The number of sulfonamides is 1. The SMILES string of the molecule is CC1Cc2ccccc2N1[C@H]1CCN(c2ccc(S(=O)(=O)Nc3nccs3)cc2)C1=O. The van der Waals surface area contributed by atoms with Gasteiger partial charge < -0.3 is 9.80 Å². The molecular formula is C22H22N4O3S2. The summed E-state index contributed by atoms with van der Waals surface area (Å²) in [4.78, 5) is 21.4. The molecule has 2 aliphatic heterocycles. The van der Waals surface area contributed by atoms with Gasteiger partial charge in [0.2, 0.25) is 5.91 Å².